The Labute approximate surface area is 169 Å². The highest BCUT2D eigenvalue weighted by Crippen LogP contribution is 2.30. The number of amides is 2. The van der Waals surface area contributed by atoms with Crippen LogP contribution in [0.5, 0.6) is 5.75 Å². The number of ether oxygens (including phenoxy) is 2. The summed E-state index contributed by atoms with van der Waals surface area (Å²) >= 11 is 0. The van der Waals surface area contributed by atoms with E-state index in [1.54, 1.807) is 24.3 Å². The molecule has 0 fully saturated rings. The van der Waals surface area contributed by atoms with Gasteiger partial charge >= 0.3 is 5.97 Å². The van der Waals surface area contributed by atoms with Crippen LogP contribution in [0.15, 0.2) is 42.5 Å². The first kappa shape index (κ1) is 20.4. The zero-order valence-corrected chi connectivity index (χ0v) is 16.7. The number of nitrogens with zero attached hydrogens (tertiary/aromatic N) is 1. The molecule has 0 saturated heterocycles. The predicted octanol–water partition coefficient (Wildman–Crippen LogP) is 2.99. The topological polar surface area (TPSA) is 84.9 Å². The highest BCUT2D eigenvalue weighted by atomic mass is 16.5. The van der Waals surface area contributed by atoms with Gasteiger partial charge in [-0.15, -0.1) is 0 Å². The first-order chi connectivity index (χ1) is 13.8. The molecular weight excluding hydrogens is 372 g/mol. The van der Waals surface area contributed by atoms with Gasteiger partial charge in [0.05, 0.1) is 18.7 Å². The summed E-state index contributed by atoms with van der Waals surface area (Å²) in [4.78, 5) is 38.6. The first-order valence-electron chi connectivity index (χ1n) is 9.45. The normalized spacial score (nSPS) is 14.3. The summed E-state index contributed by atoms with van der Waals surface area (Å²) in [6, 6.07) is 12.7. The lowest BCUT2D eigenvalue weighted by atomic mass is 10.1. The molecule has 0 aromatic heterocycles. The van der Waals surface area contributed by atoms with Gasteiger partial charge in [0.15, 0.2) is 6.10 Å². The molecule has 7 heteroatoms. The van der Waals surface area contributed by atoms with Crippen LogP contribution in [0.2, 0.25) is 0 Å². The molecule has 7 nitrogen and oxygen atoms in total. The van der Waals surface area contributed by atoms with Gasteiger partial charge in [0.25, 0.3) is 5.91 Å². The monoisotopic (exact) mass is 396 g/mol. The van der Waals surface area contributed by atoms with Crippen molar-refractivity contribution in [2.24, 2.45) is 0 Å². The summed E-state index contributed by atoms with van der Waals surface area (Å²) in [5, 5.41) is 2.76. The van der Waals surface area contributed by atoms with E-state index in [4.69, 9.17) is 9.47 Å². The second-order valence-corrected chi connectivity index (χ2v) is 6.99. The fraction of sp³-hybridized carbons (Fsp3) is 0.318. The molecule has 1 atom stereocenters. The number of hydrogen-bond donors (Lipinski definition) is 1. The second kappa shape index (κ2) is 8.77. The third-order valence-corrected chi connectivity index (χ3v) is 4.64. The van der Waals surface area contributed by atoms with Crippen LogP contribution in [0.1, 0.15) is 24.5 Å². The Morgan fingerprint density at radius 1 is 1.21 bits per heavy atom. The van der Waals surface area contributed by atoms with Crippen molar-refractivity contribution in [2.45, 2.75) is 33.3 Å². The van der Waals surface area contributed by atoms with E-state index in [0.717, 1.165) is 11.1 Å². The Hall–Kier alpha value is -3.35. The van der Waals surface area contributed by atoms with E-state index in [-0.39, 0.29) is 25.5 Å². The quantitative estimate of drug-likeness (QED) is 0.786. The molecule has 1 aliphatic rings. The molecule has 2 aromatic carbocycles. The minimum absolute atomic E-state index is 0.157. The minimum Gasteiger partial charge on any atom is -0.491 e. The zero-order valence-electron chi connectivity index (χ0n) is 16.7. The number of carbonyl (C=O) groups excluding carboxylic acids is 3. The molecule has 2 aromatic rings. The van der Waals surface area contributed by atoms with Gasteiger partial charge in [0, 0.05) is 5.69 Å². The van der Waals surface area contributed by atoms with Crippen LogP contribution in [0.4, 0.5) is 11.4 Å². The summed E-state index contributed by atoms with van der Waals surface area (Å²) in [6.07, 6.45) is -0.846. The highest BCUT2D eigenvalue weighted by molar-refractivity contribution is 6.00. The third kappa shape index (κ3) is 4.93. The summed E-state index contributed by atoms with van der Waals surface area (Å²) < 4.78 is 10.8. The zero-order chi connectivity index (χ0) is 21.0. The number of para-hydroxylation sites is 2. The van der Waals surface area contributed by atoms with Gasteiger partial charge < -0.3 is 14.8 Å². The van der Waals surface area contributed by atoms with Gasteiger partial charge in [-0.25, -0.2) is 0 Å². The first-order valence-corrected chi connectivity index (χ1v) is 9.45. The van der Waals surface area contributed by atoms with Crippen LogP contribution in [-0.2, 0) is 19.1 Å². The molecule has 0 radical (unpaired) electrons. The van der Waals surface area contributed by atoms with E-state index < -0.39 is 18.0 Å². The SMILES string of the molecule is Cc1ccc(NC(=O)[C@@H](C)OC(=O)CN2C(=O)CCOc3ccccc32)c(C)c1. The van der Waals surface area contributed by atoms with Crippen molar-refractivity contribution in [2.75, 3.05) is 23.4 Å². The average molecular weight is 396 g/mol. The molecule has 152 valence electrons. The summed E-state index contributed by atoms with van der Waals surface area (Å²) in [5.74, 6) is -0.805. The molecule has 0 aliphatic carbocycles. The number of esters is 1. The Morgan fingerprint density at radius 2 is 1.97 bits per heavy atom. The average Bonchev–Trinajstić information content (AvgIpc) is 2.83. The lowest BCUT2D eigenvalue weighted by Crippen LogP contribution is -2.39. The van der Waals surface area contributed by atoms with E-state index in [1.165, 1.54) is 11.8 Å². The molecule has 2 amide bonds. The van der Waals surface area contributed by atoms with Gasteiger partial charge in [-0.1, -0.05) is 29.8 Å². The van der Waals surface area contributed by atoms with Crippen molar-refractivity contribution >= 4 is 29.2 Å². The maximum Gasteiger partial charge on any atom is 0.326 e. The Balaban J connectivity index is 1.63. The number of benzene rings is 2. The van der Waals surface area contributed by atoms with Crippen LogP contribution >= 0.6 is 0 Å². The highest BCUT2D eigenvalue weighted by Gasteiger charge is 2.27. The number of hydrogen-bond acceptors (Lipinski definition) is 5. The molecule has 0 bridgehead atoms. The molecule has 3 rings (SSSR count). The fourth-order valence-electron chi connectivity index (χ4n) is 3.10. The van der Waals surface area contributed by atoms with E-state index in [2.05, 4.69) is 5.32 Å². The molecule has 0 spiro atoms. The number of aryl methyl sites for hydroxylation is 2. The van der Waals surface area contributed by atoms with E-state index in [0.29, 0.717) is 17.1 Å². The van der Waals surface area contributed by atoms with Crippen LogP contribution in [-0.4, -0.2) is 37.0 Å². The van der Waals surface area contributed by atoms with Gasteiger partial charge in [-0.05, 0) is 44.5 Å². The standard InChI is InChI=1S/C22H24N2O5/c1-14-8-9-17(15(2)12-14)23-22(27)16(3)29-21(26)13-24-18-6-4-5-7-19(18)28-11-10-20(24)25/h4-9,12,16H,10-11,13H2,1-3H3,(H,23,27)/t16-/m1/s1. The number of carbonyl (C=O) groups is 3. The smallest absolute Gasteiger partial charge is 0.326 e. The molecule has 1 N–H and O–H groups in total. The molecular formula is C22H24N2O5. The van der Waals surface area contributed by atoms with Crippen LogP contribution in [0.25, 0.3) is 0 Å². The van der Waals surface area contributed by atoms with Crippen molar-refractivity contribution in [3.8, 4) is 5.75 Å². The van der Waals surface area contributed by atoms with Gasteiger partial charge in [0.1, 0.15) is 12.3 Å². The summed E-state index contributed by atoms with van der Waals surface area (Å²) in [5.41, 5.74) is 3.19. The maximum absolute atomic E-state index is 12.4. The van der Waals surface area contributed by atoms with Crippen molar-refractivity contribution in [1.29, 1.82) is 0 Å². The van der Waals surface area contributed by atoms with E-state index in [1.807, 2.05) is 32.0 Å². The van der Waals surface area contributed by atoms with Gasteiger partial charge in [-0.2, -0.15) is 0 Å². The van der Waals surface area contributed by atoms with Crippen molar-refractivity contribution in [3.63, 3.8) is 0 Å². The minimum atomic E-state index is -1.00. The van der Waals surface area contributed by atoms with Gasteiger partial charge in [0.2, 0.25) is 5.91 Å². The van der Waals surface area contributed by atoms with E-state index >= 15 is 0 Å². The lowest BCUT2D eigenvalue weighted by molar-refractivity contribution is -0.152. The number of anilines is 2. The summed E-state index contributed by atoms with van der Waals surface area (Å²) in [6.45, 7) is 5.31. The van der Waals surface area contributed by atoms with Crippen LogP contribution in [0, 0.1) is 13.8 Å². The fourth-order valence-corrected chi connectivity index (χ4v) is 3.10. The van der Waals surface area contributed by atoms with Crippen LogP contribution in [0.3, 0.4) is 0 Å². The summed E-state index contributed by atoms with van der Waals surface area (Å²) in [7, 11) is 0. The van der Waals surface area contributed by atoms with Crippen molar-refractivity contribution in [1.82, 2.24) is 0 Å². The molecule has 1 aliphatic heterocycles. The van der Waals surface area contributed by atoms with Crippen molar-refractivity contribution < 1.29 is 23.9 Å². The third-order valence-electron chi connectivity index (χ3n) is 4.64. The molecule has 1 heterocycles. The number of fused-ring (bicyclic) bond motifs is 1. The van der Waals surface area contributed by atoms with Crippen molar-refractivity contribution in [3.05, 3.63) is 53.6 Å². The number of nitrogens with one attached hydrogen (secondary N) is 1. The van der Waals surface area contributed by atoms with E-state index in [9.17, 15) is 14.4 Å². The Kier molecular flexibility index (Phi) is 6.16. The molecule has 0 unspecified atom stereocenters. The molecule has 0 saturated carbocycles. The largest absolute Gasteiger partial charge is 0.491 e. The molecule has 29 heavy (non-hydrogen) atoms. The lowest BCUT2D eigenvalue weighted by Gasteiger charge is -2.22. The number of rotatable bonds is 5. The Morgan fingerprint density at radius 3 is 2.72 bits per heavy atom. The van der Waals surface area contributed by atoms with Gasteiger partial charge in [-0.3, -0.25) is 19.3 Å². The second-order valence-electron chi connectivity index (χ2n) is 6.99. The van der Waals surface area contributed by atoms with Crippen LogP contribution < -0.4 is 15.0 Å². The predicted molar refractivity (Wildman–Crippen MR) is 109 cm³/mol. The Bertz CT molecular complexity index is 941. The maximum atomic E-state index is 12.4.